The zero-order chi connectivity index (χ0) is 13.7. The average molecular weight is 266 g/mol. The van der Waals surface area contributed by atoms with Crippen molar-refractivity contribution >= 4 is 5.91 Å². The summed E-state index contributed by atoms with van der Waals surface area (Å²) < 4.78 is 19.1. The number of halogens is 1. The molecule has 0 aliphatic carbocycles. The van der Waals surface area contributed by atoms with Crippen molar-refractivity contribution < 1.29 is 13.9 Å². The number of amides is 1. The number of aromatic nitrogens is 1. The van der Waals surface area contributed by atoms with Gasteiger partial charge in [-0.2, -0.15) is 0 Å². The van der Waals surface area contributed by atoms with Crippen molar-refractivity contribution in [1.82, 2.24) is 9.88 Å². The van der Waals surface area contributed by atoms with Crippen molar-refractivity contribution in [2.75, 3.05) is 19.7 Å². The molecule has 0 bridgehead atoms. The molecule has 1 fully saturated rings. The van der Waals surface area contributed by atoms with E-state index < -0.39 is 5.82 Å². The van der Waals surface area contributed by atoms with Gasteiger partial charge in [-0.25, -0.2) is 4.39 Å². The number of carbonyl (C=O) groups is 1. The summed E-state index contributed by atoms with van der Waals surface area (Å²) >= 11 is 0. The number of carbonyl (C=O) groups excluding carboxylic acids is 1. The van der Waals surface area contributed by atoms with Gasteiger partial charge in [0.25, 0.3) is 0 Å². The van der Waals surface area contributed by atoms with E-state index in [0.717, 1.165) is 12.8 Å². The molecule has 19 heavy (non-hydrogen) atoms. The highest BCUT2D eigenvalue weighted by Crippen LogP contribution is 2.11. The van der Waals surface area contributed by atoms with E-state index in [0.29, 0.717) is 19.7 Å². The van der Waals surface area contributed by atoms with Crippen LogP contribution < -0.4 is 0 Å². The maximum atomic E-state index is 13.5. The smallest absolute Gasteiger partial charge is 0.228 e. The lowest BCUT2D eigenvalue weighted by atomic mass is 10.2. The molecule has 1 amide bonds. The highest BCUT2D eigenvalue weighted by molar-refractivity contribution is 5.78. The molecule has 1 aliphatic heterocycles. The Balaban J connectivity index is 2.00. The number of pyridine rings is 1. The van der Waals surface area contributed by atoms with Gasteiger partial charge in [0.05, 0.1) is 18.2 Å². The number of rotatable bonds is 3. The lowest BCUT2D eigenvalue weighted by Gasteiger charge is -2.23. The zero-order valence-electron chi connectivity index (χ0n) is 11.1. The topological polar surface area (TPSA) is 42.4 Å². The average Bonchev–Trinajstić information content (AvgIpc) is 2.66. The number of hydrogen-bond donors (Lipinski definition) is 0. The van der Waals surface area contributed by atoms with Crippen LogP contribution in [-0.4, -0.2) is 41.6 Å². The van der Waals surface area contributed by atoms with E-state index in [1.165, 1.54) is 18.3 Å². The lowest BCUT2D eigenvalue weighted by molar-refractivity contribution is -0.131. The fraction of sp³-hybridized carbons (Fsp3) is 0.571. The second-order valence-corrected chi connectivity index (χ2v) is 4.70. The Labute approximate surface area is 112 Å². The summed E-state index contributed by atoms with van der Waals surface area (Å²) in [5.41, 5.74) is 0.214. The molecule has 0 saturated carbocycles. The fourth-order valence-electron chi connectivity index (χ4n) is 2.17. The SMILES string of the molecule is CCC1CN(C(=O)Cc2ncccc2F)CCCO1. The van der Waals surface area contributed by atoms with E-state index in [2.05, 4.69) is 4.98 Å². The zero-order valence-corrected chi connectivity index (χ0v) is 11.1. The van der Waals surface area contributed by atoms with Crippen LogP contribution in [0, 0.1) is 5.82 Å². The van der Waals surface area contributed by atoms with Crippen LogP contribution in [0.2, 0.25) is 0 Å². The van der Waals surface area contributed by atoms with Gasteiger partial charge in [0, 0.05) is 25.9 Å². The first-order chi connectivity index (χ1) is 9.20. The minimum atomic E-state index is -0.422. The second kappa shape index (κ2) is 6.61. The van der Waals surface area contributed by atoms with Gasteiger partial charge in [0.1, 0.15) is 5.82 Å². The molecular formula is C14H19FN2O2. The van der Waals surface area contributed by atoms with Crippen LogP contribution in [0.5, 0.6) is 0 Å². The van der Waals surface area contributed by atoms with E-state index in [9.17, 15) is 9.18 Å². The first kappa shape index (κ1) is 13.9. The predicted octanol–water partition coefficient (Wildman–Crippen LogP) is 1.79. The number of ether oxygens (including phenoxy) is 1. The molecule has 1 aromatic heterocycles. The van der Waals surface area contributed by atoms with Crippen LogP contribution in [-0.2, 0) is 16.0 Å². The van der Waals surface area contributed by atoms with Gasteiger partial charge in [0.2, 0.25) is 5.91 Å². The Morgan fingerprint density at radius 2 is 2.47 bits per heavy atom. The molecule has 0 aromatic carbocycles. The summed E-state index contributed by atoms with van der Waals surface area (Å²) in [5, 5.41) is 0. The Hall–Kier alpha value is -1.49. The molecule has 1 atom stereocenters. The van der Waals surface area contributed by atoms with Crippen molar-refractivity contribution in [3.63, 3.8) is 0 Å². The second-order valence-electron chi connectivity index (χ2n) is 4.70. The Bertz CT molecular complexity index is 439. The molecule has 1 saturated heterocycles. The summed E-state index contributed by atoms with van der Waals surface area (Å²) in [6, 6.07) is 2.85. The van der Waals surface area contributed by atoms with Crippen molar-refractivity contribution in [1.29, 1.82) is 0 Å². The standard InChI is InChI=1S/C14H19FN2O2/c1-2-11-10-17(7-4-8-19-11)14(18)9-13-12(15)5-3-6-16-13/h3,5-6,11H,2,4,7-10H2,1H3. The first-order valence-electron chi connectivity index (χ1n) is 6.69. The van der Waals surface area contributed by atoms with Crippen LogP contribution >= 0.6 is 0 Å². The summed E-state index contributed by atoms with van der Waals surface area (Å²) in [6.45, 7) is 3.98. The van der Waals surface area contributed by atoms with Crippen LogP contribution in [0.15, 0.2) is 18.3 Å². The normalized spacial score (nSPS) is 20.1. The van der Waals surface area contributed by atoms with Gasteiger partial charge >= 0.3 is 0 Å². The Kier molecular flexibility index (Phi) is 4.85. The summed E-state index contributed by atoms with van der Waals surface area (Å²) in [7, 11) is 0. The largest absolute Gasteiger partial charge is 0.376 e. The molecule has 1 unspecified atom stereocenters. The molecular weight excluding hydrogens is 247 g/mol. The first-order valence-corrected chi connectivity index (χ1v) is 6.69. The van der Waals surface area contributed by atoms with E-state index in [-0.39, 0.29) is 24.1 Å². The molecule has 0 spiro atoms. The summed E-state index contributed by atoms with van der Waals surface area (Å²) in [6.07, 6.45) is 3.31. The third-order valence-corrected chi connectivity index (χ3v) is 3.31. The van der Waals surface area contributed by atoms with Gasteiger partial charge in [-0.3, -0.25) is 9.78 Å². The van der Waals surface area contributed by atoms with E-state index in [4.69, 9.17) is 4.74 Å². The number of hydrogen-bond acceptors (Lipinski definition) is 3. The monoisotopic (exact) mass is 266 g/mol. The molecule has 1 aromatic rings. The van der Waals surface area contributed by atoms with E-state index in [1.807, 2.05) is 6.92 Å². The predicted molar refractivity (Wildman–Crippen MR) is 69.1 cm³/mol. The van der Waals surface area contributed by atoms with Crippen molar-refractivity contribution in [3.05, 3.63) is 29.8 Å². The van der Waals surface area contributed by atoms with Gasteiger partial charge in [-0.15, -0.1) is 0 Å². The highest BCUT2D eigenvalue weighted by Gasteiger charge is 2.22. The Morgan fingerprint density at radius 3 is 3.21 bits per heavy atom. The van der Waals surface area contributed by atoms with Crippen LogP contribution in [0.3, 0.4) is 0 Å². The van der Waals surface area contributed by atoms with Gasteiger partial charge in [-0.1, -0.05) is 6.92 Å². The Morgan fingerprint density at radius 1 is 1.63 bits per heavy atom. The maximum Gasteiger partial charge on any atom is 0.228 e. The highest BCUT2D eigenvalue weighted by atomic mass is 19.1. The summed E-state index contributed by atoms with van der Waals surface area (Å²) in [4.78, 5) is 17.9. The molecule has 4 nitrogen and oxygen atoms in total. The minimum absolute atomic E-state index is 0.0170. The summed E-state index contributed by atoms with van der Waals surface area (Å²) in [5.74, 6) is -0.504. The quantitative estimate of drug-likeness (QED) is 0.837. The van der Waals surface area contributed by atoms with Crippen molar-refractivity contribution in [2.45, 2.75) is 32.3 Å². The van der Waals surface area contributed by atoms with E-state index in [1.54, 1.807) is 4.90 Å². The van der Waals surface area contributed by atoms with Crippen molar-refractivity contribution in [3.8, 4) is 0 Å². The molecule has 104 valence electrons. The van der Waals surface area contributed by atoms with Gasteiger partial charge in [0.15, 0.2) is 0 Å². The van der Waals surface area contributed by atoms with Crippen LogP contribution in [0.1, 0.15) is 25.5 Å². The molecule has 2 rings (SSSR count). The molecule has 0 N–H and O–H groups in total. The number of nitrogens with zero attached hydrogens (tertiary/aromatic N) is 2. The maximum absolute atomic E-state index is 13.5. The van der Waals surface area contributed by atoms with Crippen LogP contribution in [0.25, 0.3) is 0 Å². The molecule has 0 radical (unpaired) electrons. The molecule has 5 heteroatoms. The molecule has 2 heterocycles. The molecule has 1 aliphatic rings. The third kappa shape index (κ3) is 3.73. The van der Waals surface area contributed by atoms with Gasteiger partial charge in [-0.05, 0) is 25.0 Å². The van der Waals surface area contributed by atoms with Crippen LogP contribution in [0.4, 0.5) is 4.39 Å². The fourth-order valence-corrected chi connectivity index (χ4v) is 2.17. The minimum Gasteiger partial charge on any atom is -0.376 e. The van der Waals surface area contributed by atoms with Gasteiger partial charge < -0.3 is 9.64 Å². The van der Waals surface area contributed by atoms with Crippen molar-refractivity contribution in [2.24, 2.45) is 0 Å². The lowest BCUT2D eigenvalue weighted by Crippen LogP contribution is -2.37. The third-order valence-electron chi connectivity index (χ3n) is 3.31. The van der Waals surface area contributed by atoms with E-state index >= 15 is 0 Å².